The number of hydrogen-bond donors (Lipinski definition) is 1. The number of phenolic OH excluding ortho intramolecular Hbond substituents is 1. The van der Waals surface area contributed by atoms with Crippen LogP contribution < -0.4 is 4.74 Å². The molecule has 0 fully saturated rings. The Morgan fingerprint density at radius 3 is 2.33 bits per heavy atom. The van der Waals surface area contributed by atoms with Crippen molar-refractivity contribution in [1.29, 1.82) is 0 Å². The second-order valence-electron chi connectivity index (χ2n) is 7.53. The van der Waals surface area contributed by atoms with Crippen LogP contribution >= 0.6 is 11.6 Å². The number of hydrogen-bond acceptors (Lipinski definition) is 3. The first-order chi connectivity index (χ1) is 12.7. The predicted molar refractivity (Wildman–Crippen MR) is 111 cm³/mol. The molecule has 2 rings (SSSR count). The van der Waals surface area contributed by atoms with E-state index in [4.69, 9.17) is 16.3 Å². The average molecular weight is 389 g/mol. The maximum absolute atomic E-state index is 11.5. The summed E-state index contributed by atoms with van der Waals surface area (Å²) in [7, 11) is 0. The minimum Gasteiger partial charge on any atom is -0.508 e. The number of aromatic hydroxyl groups is 1. The number of benzene rings is 2. The second-order valence-corrected chi connectivity index (χ2v) is 7.94. The number of ketones is 1. The largest absolute Gasteiger partial charge is 0.508 e. The highest BCUT2D eigenvalue weighted by Gasteiger charge is 2.16. The summed E-state index contributed by atoms with van der Waals surface area (Å²) < 4.78 is 5.63. The number of rotatable bonds is 8. The van der Waals surface area contributed by atoms with Crippen molar-refractivity contribution in [2.24, 2.45) is 0 Å². The highest BCUT2D eigenvalue weighted by molar-refractivity contribution is 6.31. The Morgan fingerprint density at radius 2 is 1.74 bits per heavy atom. The zero-order valence-corrected chi connectivity index (χ0v) is 17.6. The quantitative estimate of drug-likeness (QED) is 0.582. The minimum atomic E-state index is 0.0617. The van der Waals surface area contributed by atoms with E-state index in [1.54, 1.807) is 12.1 Å². The van der Waals surface area contributed by atoms with Gasteiger partial charge in [-0.25, -0.2) is 0 Å². The van der Waals surface area contributed by atoms with E-state index in [9.17, 15) is 9.90 Å². The molecule has 0 atom stereocenters. The van der Waals surface area contributed by atoms with Gasteiger partial charge in [0.05, 0.1) is 0 Å². The molecule has 0 amide bonds. The molecule has 0 bridgehead atoms. The van der Waals surface area contributed by atoms with Crippen LogP contribution in [0.2, 0.25) is 5.02 Å². The summed E-state index contributed by atoms with van der Waals surface area (Å²) >= 11 is 6.60. The van der Waals surface area contributed by atoms with Crippen LogP contribution in [0.5, 0.6) is 11.5 Å². The normalized spacial score (nSPS) is 11.3. The molecule has 0 unspecified atom stereocenters. The van der Waals surface area contributed by atoms with Crippen LogP contribution in [0, 0.1) is 0 Å². The number of halogens is 1. The van der Waals surface area contributed by atoms with Crippen molar-refractivity contribution in [3.8, 4) is 11.5 Å². The van der Waals surface area contributed by atoms with E-state index in [1.807, 2.05) is 25.1 Å². The molecule has 0 saturated carbocycles. The molecule has 0 saturated heterocycles. The Hall–Kier alpha value is -2.00. The fourth-order valence-corrected chi connectivity index (χ4v) is 3.35. The van der Waals surface area contributed by atoms with Crippen molar-refractivity contribution in [1.82, 2.24) is 0 Å². The van der Waals surface area contributed by atoms with Gasteiger partial charge in [0.1, 0.15) is 18.1 Å². The lowest BCUT2D eigenvalue weighted by molar-refractivity contribution is -0.120. The molecule has 0 aliphatic heterocycles. The number of Topliss-reactive ketones (excluding diaryl/α,β-unsaturated/α-hetero) is 1. The summed E-state index contributed by atoms with van der Waals surface area (Å²) in [5, 5.41) is 10.7. The first kappa shape index (κ1) is 21.3. The highest BCUT2D eigenvalue weighted by atomic mass is 35.5. The SMILES string of the molecule is CCC(=O)COc1cc(Cl)c(Cc2ccc(O)c(C(C)C)c2)c(C(C)C)c1. The molecule has 0 spiro atoms. The first-order valence-corrected chi connectivity index (χ1v) is 9.89. The molecule has 0 aliphatic carbocycles. The van der Waals surface area contributed by atoms with Crippen molar-refractivity contribution in [3.63, 3.8) is 0 Å². The van der Waals surface area contributed by atoms with Crippen LogP contribution in [0.25, 0.3) is 0 Å². The summed E-state index contributed by atoms with van der Waals surface area (Å²) in [5.74, 6) is 1.53. The standard InChI is InChI=1S/C23H29ClO3/c1-6-17(25)13-27-18-11-19(14(2)3)21(22(24)12-18)10-16-7-8-23(26)20(9-16)15(4)5/h7-9,11-12,14-15,26H,6,10,13H2,1-5H3. The third-order valence-corrected chi connectivity index (χ3v) is 5.05. The fraction of sp³-hybridized carbons (Fsp3) is 0.435. The first-order valence-electron chi connectivity index (χ1n) is 9.51. The second kappa shape index (κ2) is 9.27. The number of carbonyl (C=O) groups excluding carboxylic acids is 1. The summed E-state index contributed by atoms with van der Waals surface area (Å²) in [6.45, 7) is 10.3. The van der Waals surface area contributed by atoms with Crippen molar-refractivity contribution >= 4 is 17.4 Å². The average Bonchev–Trinajstić information content (AvgIpc) is 2.62. The summed E-state index contributed by atoms with van der Waals surface area (Å²) in [6.07, 6.45) is 1.14. The molecular weight excluding hydrogens is 360 g/mol. The van der Waals surface area contributed by atoms with E-state index in [1.165, 1.54) is 0 Å². The lowest BCUT2D eigenvalue weighted by Crippen LogP contribution is -2.10. The van der Waals surface area contributed by atoms with Crippen LogP contribution in [0.4, 0.5) is 0 Å². The Balaban J connectivity index is 2.36. The zero-order valence-electron chi connectivity index (χ0n) is 16.8. The monoisotopic (exact) mass is 388 g/mol. The topological polar surface area (TPSA) is 46.5 Å². The van der Waals surface area contributed by atoms with Crippen LogP contribution in [0.1, 0.15) is 75.1 Å². The van der Waals surface area contributed by atoms with Gasteiger partial charge >= 0.3 is 0 Å². The lowest BCUT2D eigenvalue weighted by Gasteiger charge is -2.18. The molecule has 0 heterocycles. The molecule has 2 aromatic carbocycles. The van der Waals surface area contributed by atoms with Crippen LogP contribution in [-0.2, 0) is 11.2 Å². The van der Waals surface area contributed by atoms with Crippen LogP contribution in [-0.4, -0.2) is 17.5 Å². The highest BCUT2D eigenvalue weighted by Crippen LogP contribution is 2.34. The van der Waals surface area contributed by atoms with Gasteiger partial charge in [0, 0.05) is 11.4 Å². The van der Waals surface area contributed by atoms with Crippen molar-refractivity contribution in [2.45, 2.75) is 59.3 Å². The zero-order chi connectivity index (χ0) is 20.1. The molecule has 0 radical (unpaired) electrons. The van der Waals surface area contributed by atoms with E-state index >= 15 is 0 Å². The van der Waals surface area contributed by atoms with E-state index in [0.717, 1.165) is 22.3 Å². The van der Waals surface area contributed by atoms with Gasteiger partial charge in [-0.3, -0.25) is 4.79 Å². The molecule has 2 aromatic rings. The molecular formula is C23H29ClO3. The number of ether oxygens (including phenoxy) is 1. The third-order valence-electron chi connectivity index (χ3n) is 4.71. The molecule has 0 aromatic heterocycles. The van der Waals surface area contributed by atoms with Gasteiger partial charge in [0.25, 0.3) is 0 Å². The molecule has 4 heteroatoms. The Bertz CT molecular complexity index is 810. The number of carbonyl (C=O) groups is 1. The molecule has 146 valence electrons. The minimum absolute atomic E-state index is 0.0617. The fourth-order valence-electron chi connectivity index (χ4n) is 3.06. The molecule has 27 heavy (non-hydrogen) atoms. The summed E-state index contributed by atoms with van der Waals surface area (Å²) in [4.78, 5) is 11.5. The van der Waals surface area contributed by atoms with Gasteiger partial charge < -0.3 is 9.84 Å². The van der Waals surface area contributed by atoms with Crippen LogP contribution in [0.15, 0.2) is 30.3 Å². The Kier molecular flexibility index (Phi) is 7.32. The molecule has 0 aliphatic rings. The van der Waals surface area contributed by atoms with Gasteiger partial charge in [-0.15, -0.1) is 0 Å². The Morgan fingerprint density at radius 1 is 1.07 bits per heavy atom. The van der Waals surface area contributed by atoms with Gasteiger partial charge in [-0.05, 0) is 58.7 Å². The van der Waals surface area contributed by atoms with Gasteiger partial charge in [0.2, 0.25) is 0 Å². The Labute approximate surface area is 167 Å². The van der Waals surface area contributed by atoms with Crippen molar-refractivity contribution in [3.05, 3.63) is 57.6 Å². The van der Waals surface area contributed by atoms with E-state index in [2.05, 4.69) is 27.7 Å². The number of phenols is 1. The van der Waals surface area contributed by atoms with E-state index in [0.29, 0.717) is 29.4 Å². The summed E-state index contributed by atoms with van der Waals surface area (Å²) in [5.41, 5.74) is 4.21. The smallest absolute Gasteiger partial charge is 0.169 e. The van der Waals surface area contributed by atoms with E-state index in [-0.39, 0.29) is 24.2 Å². The maximum Gasteiger partial charge on any atom is 0.169 e. The maximum atomic E-state index is 11.5. The third kappa shape index (κ3) is 5.49. The lowest BCUT2D eigenvalue weighted by atomic mass is 9.91. The van der Waals surface area contributed by atoms with Crippen molar-refractivity contribution in [2.75, 3.05) is 6.61 Å². The van der Waals surface area contributed by atoms with Gasteiger partial charge in [-0.2, -0.15) is 0 Å². The van der Waals surface area contributed by atoms with E-state index < -0.39 is 0 Å². The molecule has 1 N–H and O–H groups in total. The van der Waals surface area contributed by atoms with Gasteiger partial charge in [0.15, 0.2) is 5.78 Å². The molecule has 3 nitrogen and oxygen atoms in total. The predicted octanol–water partition coefficient (Wildman–Crippen LogP) is 6.24. The van der Waals surface area contributed by atoms with Crippen molar-refractivity contribution < 1.29 is 14.6 Å². The van der Waals surface area contributed by atoms with Crippen LogP contribution in [0.3, 0.4) is 0 Å². The summed E-state index contributed by atoms with van der Waals surface area (Å²) in [6, 6.07) is 9.51. The van der Waals surface area contributed by atoms with Gasteiger partial charge in [-0.1, -0.05) is 58.4 Å².